The standard InChI is InChI=1S/C18H25N3O2S2/c1-5-25-11-10-23-17(22)15-12(2)19-18(24)20-16(15)13-6-8-14(9-7-13)21(3)4/h6-9,15-16H,2,5,10-11H2,1,3-4H3,(H2,19,20,24)/t15-,16+/m1/s1. The number of carbonyl (C=O) groups is 1. The number of nitrogens with one attached hydrogen (secondary N) is 2. The van der Waals surface area contributed by atoms with Gasteiger partial charge >= 0.3 is 5.97 Å². The highest BCUT2D eigenvalue weighted by Gasteiger charge is 2.37. The Morgan fingerprint density at radius 1 is 1.36 bits per heavy atom. The van der Waals surface area contributed by atoms with Gasteiger partial charge in [0.2, 0.25) is 0 Å². The minimum absolute atomic E-state index is 0.286. The lowest BCUT2D eigenvalue weighted by Crippen LogP contribution is -2.51. The molecule has 2 atom stereocenters. The van der Waals surface area contributed by atoms with Gasteiger partial charge in [0, 0.05) is 31.2 Å². The minimum atomic E-state index is -0.525. The van der Waals surface area contributed by atoms with Crippen LogP contribution in [0.1, 0.15) is 18.5 Å². The van der Waals surface area contributed by atoms with E-state index in [2.05, 4.69) is 24.1 Å². The van der Waals surface area contributed by atoms with E-state index in [1.807, 2.05) is 43.3 Å². The van der Waals surface area contributed by atoms with Crippen LogP contribution in [0.3, 0.4) is 0 Å². The average molecular weight is 380 g/mol. The summed E-state index contributed by atoms with van der Waals surface area (Å²) in [4.78, 5) is 14.6. The number of hydrogen-bond acceptors (Lipinski definition) is 5. The fourth-order valence-electron chi connectivity index (χ4n) is 2.65. The van der Waals surface area contributed by atoms with Gasteiger partial charge in [0.25, 0.3) is 0 Å². The van der Waals surface area contributed by atoms with Crippen LogP contribution in [-0.2, 0) is 9.53 Å². The third-order valence-electron chi connectivity index (χ3n) is 3.97. The molecule has 2 N–H and O–H groups in total. The third-order valence-corrected chi connectivity index (χ3v) is 5.05. The number of anilines is 1. The van der Waals surface area contributed by atoms with Crippen LogP contribution in [0, 0.1) is 5.92 Å². The van der Waals surface area contributed by atoms with E-state index in [4.69, 9.17) is 17.0 Å². The van der Waals surface area contributed by atoms with E-state index in [-0.39, 0.29) is 12.0 Å². The van der Waals surface area contributed by atoms with Crippen molar-refractivity contribution in [2.24, 2.45) is 5.92 Å². The van der Waals surface area contributed by atoms with Crippen LogP contribution in [-0.4, -0.2) is 43.3 Å². The number of ether oxygens (including phenoxy) is 1. The lowest BCUT2D eigenvalue weighted by atomic mass is 9.89. The topological polar surface area (TPSA) is 53.6 Å². The number of benzene rings is 1. The van der Waals surface area contributed by atoms with Crippen LogP contribution in [0.2, 0.25) is 0 Å². The molecule has 136 valence electrons. The summed E-state index contributed by atoms with van der Waals surface area (Å²) in [5, 5.41) is 6.61. The lowest BCUT2D eigenvalue weighted by molar-refractivity contribution is -0.147. The van der Waals surface area contributed by atoms with E-state index < -0.39 is 5.92 Å². The van der Waals surface area contributed by atoms with Crippen molar-refractivity contribution in [1.82, 2.24) is 10.6 Å². The molecule has 1 aromatic rings. The fourth-order valence-corrected chi connectivity index (χ4v) is 3.40. The molecule has 1 aliphatic rings. The number of carbonyl (C=O) groups excluding carboxylic acids is 1. The number of nitrogens with zero attached hydrogens (tertiary/aromatic N) is 1. The average Bonchev–Trinajstić information content (AvgIpc) is 2.58. The lowest BCUT2D eigenvalue weighted by Gasteiger charge is -2.35. The Kier molecular flexibility index (Phi) is 7.13. The molecular weight excluding hydrogens is 354 g/mol. The zero-order valence-corrected chi connectivity index (χ0v) is 16.5. The molecule has 5 nitrogen and oxygen atoms in total. The number of esters is 1. The molecule has 7 heteroatoms. The van der Waals surface area contributed by atoms with Gasteiger partial charge in [-0.25, -0.2) is 0 Å². The summed E-state index contributed by atoms with van der Waals surface area (Å²) in [6, 6.07) is 7.75. The molecular formula is C18H25N3O2S2. The number of rotatable bonds is 7. The second kappa shape index (κ2) is 9.10. The Morgan fingerprint density at radius 3 is 2.64 bits per heavy atom. The first-order valence-electron chi connectivity index (χ1n) is 8.22. The summed E-state index contributed by atoms with van der Waals surface area (Å²) in [5.41, 5.74) is 2.63. The Labute approximate surface area is 159 Å². The van der Waals surface area contributed by atoms with Crippen LogP contribution in [0.15, 0.2) is 36.5 Å². The monoisotopic (exact) mass is 379 g/mol. The van der Waals surface area contributed by atoms with Gasteiger partial charge in [-0.1, -0.05) is 25.6 Å². The van der Waals surface area contributed by atoms with Gasteiger partial charge < -0.3 is 20.3 Å². The van der Waals surface area contributed by atoms with Gasteiger partial charge in [-0.2, -0.15) is 11.8 Å². The van der Waals surface area contributed by atoms with Gasteiger partial charge in [-0.3, -0.25) is 4.79 Å². The van der Waals surface area contributed by atoms with Crippen molar-refractivity contribution in [2.75, 3.05) is 37.1 Å². The highest BCUT2D eigenvalue weighted by atomic mass is 32.2. The van der Waals surface area contributed by atoms with Crippen LogP contribution >= 0.6 is 24.0 Å². The highest BCUT2D eigenvalue weighted by molar-refractivity contribution is 7.99. The van der Waals surface area contributed by atoms with Gasteiger partial charge in [0.1, 0.15) is 12.5 Å². The first kappa shape index (κ1) is 19.6. The van der Waals surface area contributed by atoms with Crippen LogP contribution < -0.4 is 15.5 Å². The van der Waals surface area contributed by atoms with Crippen molar-refractivity contribution in [3.05, 3.63) is 42.1 Å². The maximum absolute atomic E-state index is 12.6. The van der Waals surface area contributed by atoms with Gasteiger partial charge in [-0.15, -0.1) is 0 Å². The first-order chi connectivity index (χ1) is 11.9. The molecule has 2 rings (SSSR count). The zero-order chi connectivity index (χ0) is 18.4. The van der Waals surface area contributed by atoms with Crippen molar-refractivity contribution >= 4 is 40.7 Å². The Hall–Kier alpha value is -1.73. The van der Waals surface area contributed by atoms with E-state index in [0.29, 0.717) is 17.4 Å². The van der Waals surface area contributed by atoms with Crippen LogP contribution in [0.4, 0.5) is 5.69 Å². The molecule has 1 aliphatic heterocycles. The number of thiocarbonyl (C=S) groups is 1. The molecule has 1 aromatic carbocycles. The van der Waals surface area contributed by atoms with E-state index in [1.54, 1.807) is 11.8 Å². The molecule has 1 heterocycles. The molecule has 0 unspecified atom stereocenters. The number of thioether (sulfide) groups is 1. The van der Waals surface area contributed by atoms with Crippen molar-refractivity contribution in [2.45, 2.75) is 13.0 Å². The van der Waals surface area contributed by atoms with Crippen molar-refractivity contribution in [1.29, 1.82) is 0 Å². The second-order valence-electron chi connectivity index (χ2n) is 5.93. The minimum Gasteiger partial charge on any atom is -0.464 e. The highest BCUT2D eigenvalue weighted by Crippen LogP contribution is 2.31. The molecule has 25 heavy (non-hydrogen) atoms. The molecule has 0 bridgehead atoms. The van der Waals surface area contributed by atoms with E-state index in [1.165, 1.54) is 0 Å². The predicted molar refractivity (Wildman–Crippen MR) is 109 cm³/mol. The summed E-state index contributed by atoms with van der Waals surface area (Å²) in [7, 11) is 3.98. The SMILES string of the molecule is C=C1NC(=S)N[C@@H](c2ccc(N(C)C)cc2)[C@@H]1C(=O)OCCSCC. The van der Waals surface area contributed by atoms with Gasteiger partial charge in [0.15, 0.2) is 5.11 Å². The Bertz CT molecular complexity index is 632. The molecule has 0 saturated carbocycles. The van der Waals surface area contributed by atoms with Crippen molar-refractivity contribution < 1.29 is 9.53 Å². The molecule has 0 radical (unpaired) electrons. The fraction of sp³-hybridized carbons (Fsp3) is 0.444. The quantitative estimate of drug-likeness (QED) is 0.429. The maximum Gasteiger partial charge on any atom is 0.317 e. The van der Waals surface area contributed by atoms with Gasteiger partial charge in [0.05, 0.1) is 6.04 Å². The Morgan fingerprint density at radius 2 is 2.04 bits per heavy atom. The summed E-state index contributed by atoms with van der Waals surface area (Å²) < 4.78 is 5.45. The number of hydrogen-bond donors (Lipinski definition) is 2. The van der Waals surface area contributed by atoms with Crippen molar-refractivity contribution in [3.8, 4) is 0 Å². The molecule has 0 amide bonds. The molecule has 1 fully saturated rings. The summed E-state index contributed by atoms with van der Waals surface area (Å²) >= 11 is 6.98. The second-order valence-corrected chi connectivity index (χ2v) is 7.73. The summed E-state index contributed by atoms with van der Waals surface area (Å²) in [5.74, 6) is 0.990. The Balaban J connectivity index is 2.17. The van der Waals surface area contributed by atoms with Gasteiger partial charge in [-0.05, 0) is 35.7 Å². The molecule has 0 aliphatic carbocycles. The molecule has 0 aromatic heterocycles. The summed E-state index contributed by atoms with van der Waals surface area (Å²) in [6.45, 7) is 6.46. The zero-order valence-electron chi connectivity index (χ0n) is 14.9. The van der Waals surface area contributed by atoms with E-state index >= 15 is 0 Å². The van der Waals surface area contributed by atoms with Crippen molar-refractivity contribution in [3.63, 3.8) is 0 Å². The molecule has 1 saturated heterocycles. The van der Waals surface area contributed by atoms with E-state index in [0.717, 1.165) is 22.8 Å². The molecule has 0 spiro atoms. The predicted octanol–water partition coefficient (Wildman–Crippen LogP) is 2.70. The third kappa shape index (κ3) is 5.12. The normalized spacial score (nSPS) is 19.8. The summed E-state index contributed by atoms with van der Waals surface area (Å²) in [6.07, 6.45) is 0. The van der Waals surface area contributed by atoms with E-state index in [9.17, 15) is 4.79 Å². The first-order valence-corrected chi connectivity index (χ1v) is 9.78. The maximum atomic E-state index is 12.6. The van der Waals surface area contributed by atoms with Crippen LogP contribution in [0.25, 0.3) is 0 Å². The van der Waals surface area contributed by atoms with Crippen LogP contribution in [0.5, 0.6) is 0 Å². The largest absolute Gasteiger partial charge is 0.464 e. The smallest absolute Gasteiger partial charge is 0.317 e.